The standard InChI is InChI=1S/C13H22N2O3/c1-4-9-14(18)12-5-7-13(8-6-12)15(10(2)16)11(3)17/h5-8,10-11,16-18H,4,9H2,1-3H3. The van der Waals surface area contributed by atoms with Crippen LogP contribution in [0, 0.1) is 0 Å². The molecule has 1 rings (SSSR count). The van der Waals surface area contributed by atoms with Crippen LogP contribution in [0.25, 0.3) is 0 Å². The van der Waals surface area contributed by atoms with Crippen LogP contribution >= 0.6 is 0 Å². The Balaban J connectivity index is 2.87. The molecule has 1 aromatic rings. The van der Waals surface area contributed by atoms with Crippen molar-refractivity contribution in [3.63, 3.8) is 0 Å². The smallest absolute Gasteiger partial charge is 0.126 e. The number of aliphatic hydroxyl groups excluding tert-OH is 2. The van der Waals surface area contributed by atoms with Gasteiger partial charge in [0.15, 0.2) is 0 Å². The van der Waals surface area contributed by atoms with Crippen molar-refractivity contribution in [3.05, 3.63) is 24.3 Å². The highest BCUT2D eigenvalue weighted by Gasteiger charge is 2.16. The molecule has 0 radical (unpaired) electrons. The maximum atomic E-state index is 9.69. The van der Waals surface area contributed by atoms with E-state index in [1.54, 1.807) is 38.1 Å². The molecule has 1 aromatic carbocycles. The molecule has 0 spiro atoms. The molecule has 0 aliphatic rings. The molecule has 0 aliphatic carbocycles. The molecule has 0 heterocycles. The van der Waals surface area contributed by atoms with Crippen LogP contribution in [0.15, 0.2) is 24.3 Å². The van der Waals surface area contributed by atoms with E-state index in [0.717, 1.165) is 6.42 Å². The van der Waals surface area contributed by atoms with Crippen LogP contribution in [0.2, 0.25) is 0 Å². The van der Waals surface area contributed by atoms with Crippen molar-refractivity contribution in [1.82, 2.24) is 0 Å². The molecule has 0 aliphatic heterocycles. The van der Waals surface area contributed by atoms with Gasteiger partial charge in [0.1, 0.15) is 12.5 Å². The first kappa shape index (κ1) is 14.8. The molecule has 0 saturated heterocycles. The van der Waals surface area contributed by atoms with E-state index in [2.05, 4.69) is 0 Å². The van der Waals surface area contributed by atoms with E-state index >= 15 is 0 Å². The minimum atomic E-state index is -0.781. The highest BCUT2D eigenvalue weighted by atomic mass is 16.5. The summed E-state index contributed by atoms with van der Waals surface area (Å²) in [6, 6.07) is 7.02. The summed E-state index contributed by atoms with van der Waals surface area (Å²) in [4.78, 5) is 1.48. The van der Waals surface area contributed by atoms with Gasteiger partial charge < -0.3 is 15.1 Å². The minimum absolute atomic E-state index is 0.565. The van der Waals surface area contributed by atoms with Crippen LogP contribution in [0.5, 0.6) is 0 Å². The lowest BCUT2D eigenvalue weighted by Gasteiger charge is -2.30. The molecule has 0 amide bonds. The molecule has 5 nitrogen and oxygen atoms in total. The van der Waals surface area contributed by atoms with E-state index in [4.69, 9.17) is 0 Å². The van der Waals surface area contributed by atoms with E-state index in [1.807, 2.05) is 6.92 Å². The second-order valence-electron chi connectivity index (χ2n) is 4.31. The van der Waals surface area contributed by atoms with Gasteiger partial charge in [-0.3, -0.25) is 10.3 Å². The molecule has 3 N–H and O–H groups in total. The molecule has 2 atom stereocenters. The summed E-state index contributed by atoms with van der Waals surface area (Å²) in [5.74, 6) is 0. The predicted octanol–water partition coefficient (Wildman–Crippen LogP) is 1.78. The van der Waals surface area contributed by atoms with Crippen LogP contribution in [-0.4, -0.2) is 34.4 Å². The molecule has 18 heavy (non-hydrogen) atoms. The largest absolute Gasteiger partial charge is 0.374 e. The maximum Gasteiger partial charge on any atom is 0.126 e. The number of rotatable bonds is 6. The Bertz CT molecular complexity index is 344. The molecule has 0 saturated carbocycles. The Labute approximate surface area is 108 Å². The second kappa shape index (κ2) is 6.58. The zero-order valence-electron chi connectivity index (χ0n) is 11.1. The Kier molecular flexibility index (Phi) is 5.40. The fourth-order valence-electron chi connectivity index (χ4n) is 1.88. The monoisotopic (exact) mass is 254 g/mol. The van der Waals surface area contributed by atoms with Crippen LogP contribution in [-0.2, 0) is 0 Å². The van der Waals surface area contributed by atoms with Crippen molar-refractivity contribution >= 4 is 11.4 Å². The summed E-state index contributed by atoms with van der Waals surface area (Å²) in [6.07, 6.45) is -0.709. The first-order chi connectivity index (χ1) is 8.47. The van der Waals surface area contributed by atoms with Gasteiger partial charge in [0.25, 0.3) is 0 Å². The Morgan fingerprint density at radius 3 is 1.83 bits per heavy atom. The van der Waals surface area contributed by atoms with Gasteiger partial charge >= 0.3 is 0 Å². The van der Waals surface area contributed by atoms with Crippen molar-refractivity contribution in [1.29, 1.82) is 0 Å². The number of hydroxylamine groups is 1. The summed E-state index contributed by atoms with van der Waals surface area (Å²) in [5, 5.41) is 30.1. The van der Waals surface area contributed by atoms with Gasteiger partial charge in [-0.1, -0.05) is 6.92 Å². The lowest BCUT2D eigenvalue weighted by molar-refractivity contribution is 0.105. The van der Waals surface area contributed by atoms with Gasteiger partial charge in [-0.2, -0.15) is 0 Å². The highest BCUT2D eigenvalue weighted by Crippen LogP contribution is 2.22. The van der Waals surface area contributed by atoms with Crippen LogP contribution < -0.4 is 9.96 Å². The zero-order valence-corrected chi connectivity index (χ0v) is 11.1. The first-order valence-electron chi connectivity index (χ1n) is 6.18. The van der Waals surface area contributed by atoms with Crippen molar-refractivity contribution in [2.24, 2.45) is 0 Å². The zero-order chi connectivity index (χ0) is 13.7. The number of anilines is 2. The molecule has 5 heteroatoms. The van der Waals surface area contributed by atoms with Crippen LogP contribution in [0.3, 0.4) is 0 Å². The lowest BCUT2D eigenvalue weighted by Crippen LogP contribution is -2.40. The number of aliphatic hydroxyl groups is 2. The average Bonchev–Trinajstić information content (AvgIpc) is 2.29. The summed E-state index contributed by atoms with van der Waals surface area (Å²) >= 11 is 0. The Morgan fingerprint density at radius 1 is 1.00 bits per heavy atom. The molecule has 102 valence electrons. The number of nitrogens with zero attached hydrogens (tertiary/aromatic N) is 2. The minimum Gasteiger partial charge on any atom is -0.374 e. The van der Waals surface area contributed by atoms with Crippen LogP contribution in [0.4, 0.5) is 11.4 Å². The van der Waals surface area contributed by atoms with Crippen molar-refractivity contribution in [3.8, 4) is 0 Å². The van der Waals surface area contributed by atoms with Crippen molar-refractivity contribution in [2.45, 2.75) is 39.6 Å². The SMILES string of the molecule is CCCN(O)c1ccc(N(C(C)O)C(C)O)cc1. The maximum absolute atomic E-state index is 9.69. The third kappa shape index (κ3) is 3.60. The average molecular weight is 254 g/mol. The third-order valence-electron chi connectivity index (χ3n) is 2.69. The number of hydrogen-bond acceptors (Lipinski definition) is 5. The van der Waals surface area contributed by atoms with E-state index in [1.165, 1.54) is 9.96 Å². The number of hydrogen-bond donors (Lipinski definition) is 3. The number of benzene rings is 1. The molecule has 0 fully saturated rings. The van der Waals surface area contributed by atoms with Gasteiger partial charge in [-0.15, -0.1) is 0 Å². The van der Waals surface area contributed by atoms with E-state index < -0.39 is 12.5 Å². The normalized spacial score (nSPS) is 14.1. The summed E-state index contributed by atoms with van der Waals surface area (Å²) in [5.41, 5.74) is 1.39. The van der Waals surface area contributed by atoms with Crippen molar-refractivity contribution in [2.75, 3.05) is 16.5 Å². The fourth-order valence-corrected chi connectivity index (χ4v) is 1.88. The Morgan fingerprint density at radius 2 is 1.44 bits per heavy atom. The van der Waals surface area contributed by atoms with Crippen LogP contribution in [0.1, 0.15) is 27.2 Å². The molecule has 2 unspecified atom stereocenters. The lowest BCUT2D eigenvalue weighted by atomic mass is 10.2. The third-order valence-corrected chi connectivity index (χ3v) is 2.69. The fraction of sp³-hybridized carbons (Fsp3) is 0.538. The topological polar surface area (TPSA) is 67.2 Å². The van der Waals surface area contributed by atoms with Gasteiger partial charge in [-0.05, 0) is 44.5 Å². The first-order valence-corrected chi connectivity index (χ1v) is 6.18. The summed E-state index contributed by atoms with van der Waals surface area (Å²) in [7, 11) is 0. The molecule has 0 aromatic heterocycles. The van der Waals surface area contributed by atoms with Crippen molar-refractivity contribution < 1.29 is 15.4 Å². The molecular weight excluding hydrogens is 232 g/mol. The quantitative estimate of drug-likeness (QED) is 0.533. The van der Waals surface area contributed by atoms with E-state index in [0.29, 0.717) is 17.9 Å². The van der Waals surface area contributed by atoms with Gasteiger partial charge in [0, 0.05) is 12.2 Å². The predicted molar refractivity (Wildman–Crippen MR) is 71.7 cm³/mol. The summed E-state index contributed by atoms with van der Waals surface area (Å²) < 4.78 is 0. The summed E-state index contributed by atoms with van der Waals surface area (Å²) in [6.45, 7) is 5.74. The van der Waals surface area contributed by atoms with E-state index in [-0.39, 0.29) is 0 Å². The van der Waals surface area contributed by atoms with Gasteiger partial charge in [0.2, 0.25) is 0 Å². The van der Waals surface area contributed by atoms with E-state index in [9.17, 15) is 15.4 Å². The molecule has 0 bridgehead atoms. The second-order valence-corrected chi connectivity index (χ2v) is 4.31. The molecular formula is C13H22N2O3. The Hall–Kier alpha value is -1.30. The van der Waals surface area contributed by atoms with Gasteiger partial charge in [-0.25, -0.2) is 0 Å². The van der Waals surface area contributed by atoms with Gasteiger partial charge in [0.05, 0.1) is 5.69 Å². The highest BCUT2D eigenvalue weighted by molar-refractivity contribution is 5.55.